The van der Waals surface area contributed by atoms with Crippen LogP contribution in [-0.2, 0) is 19.2 Å². The third kappa shape index (κ3) is 2.59. The minimum absolute atomic E-state index is 0.279. The van der Waals surface area contributed by atoms with Crippen molar-refractivity contribution in [2.45, 2.75) is 31.4 Å². The number of amides is 4. The summed E-state index contributed by atoms with van der Waals surface area (Å²) in [5, 5.41) is 14.2. The van der Waals surface area contributed by atoms with Crippen LogP contribution in [0.3, 0.4) is 0 Å². The highest BCUT2D eigenvalue weighted by Crippen LogP contribution is 2.39. The third-order valence-corrected chi connectivity index (χ3v) is 5.48. The van der Waals surface area contributed by atoms with E-state index in [4.69, 9.17) is 0 Å². The van der Waals surface area contributed by atoms with Crippen LogP contribution in [0, 0.1) is 0 Å². The average molecular weight is 408 g/mol. The molecule has 0 bridgehead atoms. The molecule has 0 spiro atoms. The minimum atomic E-state index is -2.63. The van der Waals surface area contributed by atoms with Crippen LogP contribution in [0.5, 0.6) is 0 Å². The van der Waals surface area contributed by atoms with Gasteiger partial charge in [0, 0.05) is 0 Å². The van der Waals surface area contributed by atoms with Crippen LogP contribution >= 0.6 is 0 Å². The van der Waals surface area contributed by atoms with E-state index in [1.165, 1.54) is 18.9 Å². The van der Waals surface area contributed by atoms with E-state index >= 15 is 0 Å². The quantitative estimate of drug-likeness (QED) is 0.573. The van der Waals surface area contributed by atoms with Crippen molar-refractivity contribution < 1.29 is 24.3 Å². The van der Waals surface area contributed by atoms with Gasteiger partial charge < -0.3 is 5.11 Å². The zero-order valence-electron chi connectivity index (χ0n) is 16.4. The number of nitrogens with one attached hydrogen (secondary N) is 1. The maximum atomic E-state index is 13.5. The van der Waals surface area contributed by atoms with Gasteiger partial charge in [0.05, 0.1) is 11.4 Å². The number of aliphatic hydroxyl groups is 1. The number of hydrogen-bond acceptors (Lipinski definition) is 6. The summed E-state index contributed by atoms with van der Waals surface area (Å²) in [5.74, 6) is -3.62. The Bertz CT molecular complexity index is 1040. The number of carbonyl (C=O) groups is 4. The van der Waals surface area contributed by atoms with E-state index in [2.05, 4.69) is 5.43 Å². The summed E-state index contributed by atoms with van der Waals surface area (Å²) in [6.07, 6.45) is -0.541. The van der Waals surface area contributed by atoms with Gasteiger partial charge in [0.1, 0.15) is 12.0 Å². The summed E-state index contributed by atoms with van der Waals surface area (Å²) in [6.45, 7) is 3.01. The molecule has 0 saturated carbocycles. The SMILES string of the molecule is CC1(C)N(c2ccccc2)NC(=O)C1(O)C(=O)N1C(=O)CC(=O)N1c1ccccc1. The standard InChI is InChI=1S/C21H20N4O5/c1-20(2)21(30,18(28)22-25(20)15-11-7-4-8-12-15)19(29)24-17(27)13-16(26)23(24)14-9-5-3-6-10-14/h3-12,30H,13H2,1-2H3,(H,22,28). The molecule has 4 amide bonds. The van der Waals surface area contributed by atoms with Crippen LogP contribution in [0.25, 0.3) is 0 Å². The van der Waals surface area contributed by atoms with E-state index in [-0.39, 0.29) is 5.69 Å². The summed E-state index contributed by atoms with van der Waals surface area (Å²) < 4.78 is 0. The molecular formula is C21H20N4O5. The zero-order valence-corrected chi connectivity index (χ0v) is 16.4. The summed E-state index contributed by atoms with van der Waals surface area (Å²) in [5.41, 5.74) is -0.762. The van der Waals surface area contributed by atoms with Crippen molar-refractivity contribution in [3.8, 4) is 0 Å². The molecule has 9 heteroatoms. The molecule has 2 fully saturated rings. The number of benzene rings is 2. The first-order valence-electron chi connectivity index (χ1n) is 9.33. The molecule has 0 radical (unpaired) electrons. The van der Waals surface area contributed by atoms with E-state index < -0.39 is 41.2 Å². The van der Waals surface area contributed by atoms with Gasteiger partial charge in [0.25, 0.3) is 29.2 Å². The van der Waals surface area contributed by atoms with Gasteiger partial charge in [-0.2, -0.15) is 5.01 Å². The van der Waals surface area contributed by atoms with E-state index in [1.54, 1.807) is 60.7 Å². The number of hydrazine groups is 2. The van der Waals surface area contributed by atoms with Crippen molar-refractivity contribution in [1.82, 2.24) is 10.4 Å². The molecule has 2 aromatic carbocycles. The molecule has 1 atom stereocenters. The predicted octanol–water partition coefficient (Wildman–Crippen LogP) is 0.755. The lowest BCUT2D eigenvalue weighted by atomic mass is 9.82. The van der Waals surface area contributed by atoms with Crippen molar-refractivity contribution in [1.29, 1.82) is 0 Å². The van der Waals surface area contributed by atoms with Crippen LogP contribution in [0.15, 0.2) is 60.7 Å². The average Bonchev–Trinajstić information content (AvgIpc) is 3.13. The lowest BCUT2D eigenvalue weighted by Crippen LogP contribution is -2.67. The molecule has 154 valence electrons. The molecule has 2 N–H and O–H groups in total. The Morgan fingerprint density at radius 2 is 1.43 bits per heavy atom. The summed E-state index contributed by atoms with van der Waals surface area (Å²) in [4.78, 5) is 51.4. The van der Waals surface area contributed by atoms with E-state index in [1.807, 2.05) is 0 Å². The van der Waals surface area contributed by atoms with Crippen molar-refractivity contribution >= 4 is 35.0 Å². The smallest absolute Gasteiger partial charge is 0.293 e. The maximum absolute atomic E-state index is 13.5. The molecule has 30 heavy (non-hydrogen) atoms. The zero-order chi connectivity index (χ0) is 21.7. The molecule has 4 rings (SSSR count). The van der Waals surface area contributed by atoms with Gasteiger partial charge >= 0.3 is 0 Å². The first-order valence-corrected chi connectivity index (χ1v) is 9.33. The molecule has 1 unspecified atom stereocenters. The normalized spacial score (nSPS) is 23.2. The van der Waals surface area contributed by atoms with Gasteiger partial charge in [-0.15, -0.1) is 0 Å². The Balaban J connectivity index is 1.76. The summed E-state index contributed by atoms with van der Waals surface area (Å²) >= 11 is 0. The van der Waals surface area contributed by atoms with Gasteiger partial charge in [-0.3, -0.25) is 29.6 Å². The van der Waals surface area contributed by atoms with E-state index in [0.29, 0.717) is 10.7 Å². The Hall–Kier alpha value is -3.72. The van der Waals surface area contributed by atoms with Gasteiger partial charge in [-0.05, 0) is 38.1 Å². The summed E-state index contributed by atoms with van der Waals surface area (Å²) in [7, 11) is 0. The highest BCUT2D eigenvalue weighted by Gasteiger charge is 2.67. The van der Waals surface area contributed by atoms with Crippen LogP contribution < -0.4 is 15.4 Å². The first kappa shape index (κ1) is 19.6. The molecule has 2 aliphatic rings. The number of anilines is 2. The maximum Gasteiger partial charge on any atom is 0.293 e. The lowest BCUT2D eigenvalue weighted by Gasteiger charge is -2.40. The Kier molecular flexibility index (Phi) is 4.35. The predicted molar refractivity (Wildman–Crippen MR) is 106 cm³/mol. The first-order chi connectivity index (χ1) is 14.2. The molecular weight excluding hydrogens is 388 g/mol. The molecule has 2 heterocycles. The molecule has 2 aliphatic heterocycles. The molecule has 2 aromatic rings. The second-order valence-corrected chi connectivity index (χ2v) is 7.61. The van der Waals surface area contributed by atoms with Gasteiger partial charge in [-0.25, -0.2) is 5.01 Å². The number of nitrogens with zero attached hydrogens (tertiary/aromatic N) is 3. The number of imide groups is 1. The molecule has 0 aromatic heterocycles. The van der Waals surface area contributed by atoms with E-state index in [9.17, 15) is 24.3 Å². The van der Waals surface area contributed by atoms with Gasteiger partial charge in [0.15, 0.2) is 0 Å². The Labute approximate surface area is 172 Å². The fourth-order valence-electron chi connectivity index (χ4n) is 3.77. The van der Waals surface area contributed by atoms with Crippen LogP contribution in [0.2, 0.25) is 0 Å². The fourth-order valence-corrected chi connectivity index (χ4v) is 3.77. The highest BCUT2D eigenvalue weighted by molar-refractivity contribution is 6.24. The number of hydrogen-bond donors (Lipinski definition) is 2. The molecule has 9 nitrogen and oxygen atoms in total. The number of para-hydroxylation sites is 2. The Morgan fingerprint density at radius 1 is 0.900 bits per heavy atom. The molecule has 0 aliphatic carbocycles. The summed E-state index contributed by atoms with van der Waals surface area (Å²) in [6, 6.07) is 16.8. The van der Waals surface area contributed by atoms with Crippen molar-refractivity contribution in [2.75, 3.05) is 10.0 Å². The Morgan fingerprint density at radius 3 is 2.00 bits per heavy atom. The van der Waals surface area contributed by atoms with E-state index in [0.717, 1.165) is 5.01 Å². The van der Waals surface area contributed by atoms with Crippen LogP contribution in [-0.4, -0.2) is 44.9 Å². The largest absolute Gasteiger partial charge is 0.370 e. The number of rotatable bonds is 3. The van der Waals surface area contributed by atoms with Crippen molar-refractivity contribution in [3.05, 3.63) is 60.7 Å². The van der Waals surface area contributed by atoms with Gasteiger partial charge in [-0.1, -0.05) is 36.4 Å². The number of carbonyl (C=O) groups excluding carboxylic acids is 4. The second-order valence-electron chi connectivity index (χ2n) is 7.61. The topological polar surface area (TPSA) is 110 Å². The molecule has 2 saturated heterocycles. The van der Waals surface area contributed by atoms with Crippen molar-refractivity contribution in [2.24, 2.45) is 0 Å². The highest BCUT2D eigenvalue weighted by atomic mass is 16.3. The van der Waals surface area contributed by atoms with Crippen LogP contribution in [0.4, 0.5) is 11.4 Å². The second kappa shape index (κ2) is 6.67. The fraction of sp³-hybridized carbons (Fsp3) is 0.238. The van der Waals surface area contributed by atoms with Gasteiger partial charge in [0.2, 0.25) is 0 Å². The lowest BCUT2D eigenvalue weighted by molar-refractivity contribution is -0.165. The third-order valence-electron chi connectivity index (χ3n) is 5.48. The monoisotopic (exact) mass is 408 g/mol. The minimum Gasteiger partial charge on any atom is -0.370 e. The van der Waals surface area contributed by atoms with Crippen molar-refractivity contribution in [3.63, 3.8) is 0 Å². The van der Waals surface area contributed by atoms with Crippen LogP contribution in [0.1, 0.15) is 20.3 Å².